The summed E-state index contributed by atoms with van der Waals surface area (Å²) in [6.07, 6.45) is 8.68. The van der Waals surface area contributed by atoms with Gasteiger partial charge in [0.15, 0.2) is 5.78 Å². The fraction of sp³-hybridized carbons (Fsp3) is 0.0870. The van der Waals surface area contributed by atoms with Gasteiger partial charge in [-0.15, -0.1) is 11.3 Å². The maximum atomic E-state index is 13.8. The Morgan fingerprint density at radius 3 is 2.71 bits per heavy atom. The number of nitrogens with zero attached hydrogens (tertiary/aromatic N) is 5. The lowest BCUT2D eigenvalue weighted by Crippen LogP contribution is -2.22. The van der Waals surface area contributed by atoms with Gasteiger partial charge >= 0.3 is 0 Å². The molecule has 1 atom stereocenters. The molecule has 31 heavy (non-hydrogen) atoms. The monoisotopic (exact) mass is 426 g/mol. The zero-order valence-electron chi connectivity index (χ0n) is 16.6. The van der Waals surface area contributed by atoms with E-state index >= 15 is 0 Å². The Kier molecular flexibility index (Phi) is 4.97. The van der Waals surface area contributed by atoms with Crippen molar-refractivity contribution in [3.63, 3.8) is 0 Å². The van der Waals surface area contributed by atoms with Crippen LogP contribution in [0.25, 0.3) is 22.3 Å². The van der Waals surface area contributed by atoms with Crippen LogP contribution in [-0.4, -0.2) is 30.3 Å². The number of aromatic nitrogens is 5. The van der Waals surface area contributed by atoms with Crippen LogP contribution in [0.1, 0.15) is 22.1 Å². The average Bonchev–Trinajstić information content (AvgIpc) is 3.47. The summed E-state index contributed by atoms with van der Waals surface area (Å²) in [5.41, 5.74) is 7.06. The number of Topliss-reactive ketones (excluding diaryl/α,β-unsaturated/α-hetero) is 1. The maximum absolute atomic E-state index is 13.8. The Hall–Kier alpha value is -3.91. The van der Waals surface area contributed by atoms with E-state index in [1.54, 1.807) is 30.3 Å². The van der Waals surface area contributed by atoms with Crippen LogP contribution in [0.4, 0.5) is 5.69 Å². The van der Waals surface area contributed by atoms with Gasteiger partial charge in [-0.2, -0.15) is 0 Å². The minimum atomic E-state index is -0.641. The Morgan fingerprint density at radius 2 is 1.94 bits per heavy atom. The molecule has 0 fully saturated rings. The number of hydrogen-bond acceptors (Lipinski definition) is 7. The summed E-state index contributed by atoms with van der Waals surface area (Å²) in [5, 5.41) is 5.25. The number of hydrogen-bond donors (Lipinski definition) is 1. The molecule has 0 aliphatic rings. The largest absolute Gasteiger partial charge is 0.370 e. The highest BCUT2D eigenvalue weighted by Crippen LogP contribution is 2.30. The molecule has 0 saturated carbocycles. The van der Waals surface area contributed by atoms with Gasteiger partial charge in [-0.25, -0.2) is 4.98 Å². The standard InChI is InChI=1S/C23H18N6OS/c1-29-10-6-17(22(29)15-3-2-7-24-12-15)23(30)21(20-13-31-14-27-20)28-16-4-5-18-19(11-16)26-9-8-25-18/h2-14,21,28H,1H3. The van der Waals surface area contributed by atoms with Crippen LogP contribution in [-0.2, 0) is 7.05 Å². The van der Waals surface area contributed by atoms with Gasteiger partial charge in [0.1, 0.15) is 6.04 Å². The number of nitrogens with one attached hydrogen (secondary N) is 1. The highest BCUT2D eigenvalue weighted by atomic mass is 32.1. The molecule has 0 radical (unpaired) electrons. The molecule has 0 aliphatic heterocycles. The number of pyridine rings is 1. The molecule has 1 N–H and O–H groups in total. The third-order valence-corrected chi connectivity index (χ3v) is 5.67. The Morgan fingerprint density at radius 1 is 1.06 bits per heavy atom. The third-order valence-electron chi connectivity index (χ3n) is 5.06. The van der Waals surface area contributed by atoms with Gasteiger partial charge in [0.25, 0.3) is 0 Å². The van der Waals surface area contributed by atoms with Crippen molar-refractivity contribution in [1.29, 1.82) is 0 Å². The van der Waals surface area contributed by atoms with Crippen molar-refractivity contribution in [2.24, 2.45) is 7.05 Å². The van der Waals surface area contributed by atoms with E-state index in [-0.39, 0.29) is 5.78 Å². The summed E-state index contributed by atoms with van der Waals surface area (Å²) in [6, 6.07) is 10.7. The molecule has 5 rings (SSSR count). The Labute approximate surface area is 182 Å². The van der Waals surface area contributed by atoms with Crippen molar-refractivity contribution in [2.75, 3.05) is 5.32 Å². The molecule has 152 valence electrons. The number of rotatable bonds is 6. The number of anilines is 1. The number of carbonyl (C=O) groups is 1. The van der Waals surface area contributed by atoms with Crippen LogP contribution < -0.4 is 5.32 Å². The molecule has 0 aliphatic carbocycles. The zero-order chi connectivity index (χ0) is 21.2. The molecule has 0 amide bonds. The smallest absolute Gasteiger partial charge is 0.193 e. The minimum absolute atomic E-state index is 0.0652. The second-order valence-electron chi connectivity index (χ2n) is 7.05. The number of fused-ring (bicyclic) bond motifs is 1. The molecule has 7 nitrogen and oxygen atoms in total. The number of benzene rings is 1. The van der Waals surface area contributed by atoms with E-state index in [4.69, 9.17) is 0 Å². The Balaban J connectivity index is 1.55. The lowest BCUT2D eigenvalue weighted by atomic mass is 9.99. The van der Waals surface area contributed by atoms with Gasteiger partial charge < -0.3 is 9.88 Å². The molecule has 4 aromatic heterocycles. The first-order valence-corrected chi connectivity index (χ1v) is 10.6. The molecule has 5 aromatic rings. The first-order valence-electron chi connectivity index (χ1n) is 9.66. The van der Waals surface area contributed by atoms with E-state index in [0.29, 0.717) is 11.3 Å². The van der Waals surface area contributed by atoms with Crippen LogP contribution in [0, 0.1) is 0 Å². The van der Waals surface area contributed by atoms with Gasteiger partial charge in [-0.05, 0) is 36.4 Å². The van der Waals surface area contributed by atoms with Crippen LogP contribution >= 0.6 is 11.3 Å². The highest BCUT2D eigenvalue weighted by molar-refractivity contribution is 7.07. The van der Waals surface area contributed by atoms with E-state index in [1.807, 2.05) is 59.6 Å². The number of aryl methyl sites for hydroxylation is 1. The summed E-state index contributed by atoms with van der Waals surface area (Å²) in [6.45, 7) is 0. The lowest BCUT2D eigenvalue weighted by molar-refractivity contribution is 0.0969. The second kappa shape index (κ2) is 8.08. The van der Waals surface area contributed by atoms with Crippen LogP contribution in [0.2, 0.25) is 0 Å². The normalized spacial score (nSPS) is 12.0. The number of ketones is 1. The summed E-state index contributed by atoms with van der Waals surface area (Å²) < 4.78 is 1.94. The van der Waals surface area contributed by atoms with Crippen molar-refractivity contribution >= 4 is 33.8 Å². The molecule has 8 heteroatoms. The topological polar surface area (TPSA) is 85.6 Å². The zero-order valence-corrected chi connectivity index (χ0v) is 17.5. The molecular weight excluding hydrogens is 408 g/mol. The summed E-state index contributed by atoms with van der Waals surface area (Å²) in [4.78, 5) is 31.1. The molecule has 1 unspecified atom stereocenters. The van der Waals surface area contributed by atoms with Gasteiger partial charge in [0.05, 0.1) is 27.9 Å². The average molecular weight is 427 g/mol. The van der Waals surface area contributed by atoms with Gasteiger partial charge in [-0.1, -0.05) is 0 Å². The van der Waals surface area contributed by atoms with E-state index < -0.39 is 6.04 Å². The quantitative estimate of drug-likeness (QED) is 0.402. The van der Waals surface area contributed by atoms with E-state index in [2.05, 4.69) is 25.3 Å². The van der Waals surface area contributed by atoms with Crippen molar-refractivity contribution in [1.82, 2.24) is 24.5 Å². The van der Waals surface area contributed by atoms with E-state index in [0.717, 1.165) is 28.0 Å². The van der Waals surface area contributed by atoms with Crippen LogP contribution in [0.5, 0.6) is 0 Å². The van der Waals surface area contributed by atoms with Crippen LogP contribution in [0.3, 0.4) is 0 Å². The molecule has 1 aromatic carbocycles. The molecule has 4 heterocycles. The fourth-order valence-corrected chi connectivity index (χ4v) is 4.18. The second-order valence-corrected chi connectivity index (χ2v) is 7.76. The highest BCUT2D eigenvalue weighted by Gasteiger charge is 2.27. The van der Waals surface area contributed by atoms with Crippen LogP contribution in [0.15, 0.2) is 78.3 Å². The SMILES string of the molecule is Cn1ccc(C(=O)C(Nc2ccc3nccnc3c2)c2cscn2)c1-c1cccnc1. The molecule has 0 bridgehead atoms. The Bertz CT molecular complexity index is 1350. The number of thiazole rings is 1. The lowest BCUT2D eigenvalue weighted by Gasteiger charge is -2.18. The molecular formula is C23H18N6OS. The van der Waals surface area contributed by atoms with Gasteiger partial charge in [0, 0.05) is 60.2 Å². The van der Waals surface area contributed by atoms with Crippen molar-refractivity contribution in [3.8, 4) is 11.3 Å². The first kappa shape index (κ1) is 19.1. The fourth-order valence-electron chi connectivity index (χ4n) is 3.60. The maximum Gasteiger partial charge on any atom is 0.193 e. The van der Waals surface area contributed by atoms with Gasteiger partial charge in [0.2, 0.25) is 0 Å². The predicted octanol–water partition coefficient (Wildman–Crippen LogP) is 4.52. The van der Waals surface area contributed by atoms with E-state index in [9.17, 15) is 4.79 Å². The summed E-state index contributed by atoms with van der Waals surface area (Å²) in [5.74, 6) is -0.0652. The predicted molar refractivity (Wildman–Crippen MR) is 121 cm³/mol. The minimum Gasteiger partial charge on any atom is -0.370 e. The van der Waals surface area contributed by atoms with E-state index in [1.165, 1.54) is 11.3 Å². The molecule has 0 spiro atoms. The number of carbonyl (C=O) groups excluding carboxylic acids is 1. The molecule has 0 saturated heterocycles. The first-order chi connectivity index (χ1) is 15.2. The summed E-state index contributed by atoms with van der Waals surface area (Å²) >= 11 is 1.46. The van der Waals surface area contributed by atoms with Crippen molar-refractivity contribution in [3.05, 3.63) is 89.5 Å². The third kappa shape index (κ3) is 3.69. The van der Waals surface area contributed by atoms with Crippen molar-refractivity contribution in [2.45, 2.75) is 6.04 Å². The van der Waals surface area contributed by atoms with Gasteiger partial charge in [-0.3, -0.25) is 19.7 Å². The van der Waals surface area contributed by atoms with Crippen molar-refractivity contribution < 1.29 is 4.79 Å². The summed E-state index contributed by atoms with van der Waals surface area (Å²) in [7, 11) is 1.92.